The molecule has 4 rings (SSSR count). The van der Waals surface area contributed by atoms with Crippen LogP contribution in [0, 0.1) is 0 Å². The summed E-state index contributed by atoms with van der Waals surface area (Å²) in [6.07, 6.45) is 3.82. The number of methoxy groups -OCH3 is 2. The van der Waals surface area contributed by atoms with E-state index in [-0.39, 0.29) is 24.7 Å². The summed E-state index contributed by atoms with van der Waals surface area (Å²) in [7, 11) is -0.689. The van der Waals surface area contributed by atoms with Gasteiger partial charge in [0.05, 0.1) is 27.1 Å². The van der Waals surface area contributed by atoms with Gasteiger partial charge in [0.25, 0.3) is 0 Å². The molecule has 0 heterocycles. The Bertz CT molecular complexity index is 1710. The van der Waals surface area contributed by atoms with E-state index in [2.05, 4.69) is 0 Å². The number of aromatic hydroxyl groups is 1. The smallest absolute Gasteiger partial charge is 0.330 e. The fraction of sp³-hybridized carbons (Fsp3) is 0.182. The van der Waals surface area contributed by atoms with Crippen LogP contribution >= 0.6 is 0 Å². The maximum atomic E-state index is 12.3. The lowest BCUT2D eigenvalue weighted by Gasteiger charge is -2.20. The molecule has 0 aliphatic carbocycles. The van der Waals surface area contributed by atoms with Crippen LogP contribution in [0.4, 0.5) is 0 Å². The SMILES string of the molecule is CCOC(=O)C=Cc1c(OC)c(-c2ccc(OS(C)(=O)=O)cc2)cc(OC)c1-c1ccc(OCc2ccccc2)c(O)c1. The maximum Gasteiger partial charge on any atom is 0.330 e. The van der Waals surface area contributed by atoms with Crippen molar-refractivity contribution in [3.63, 3.8) is 0 Å². The van der Waals surface area contributed by atoms with Gasteiger partial charge in [-0.2, -0.15) is 8.42 Å². The molecule has 0 atom stereocenters. The van der Waals surface area contributed by atoms with Crippen LogP contribution in [0.1, 0.15) is 18.1 Å². The van der Waals surface area contributed by atoms with E-state index in [9.17, 15) is 18.3 Å². The average Bonchev–Trinajstić information content (AvgIpc) is 2.99. The van der Waals surface area contributed by atoms with Gasteiger partial charge in [-0.05, 0) is 60.0 Å². The number of rotatable bonds is 12. The van der Waals surface area contributed by atoms with Crippen molar-refractivity contribution in [1.29, 1.82) is 0 Å². The summed E-state index contributed by atoms with van der Waals surface area (Å²) in [4.78, 5) is 12.3. The van der Waals surface area contributed by atoms with Gasteiger partial charge >= 0.3 is 16.1 Å². The van der Waals surface area contributed by atoms with Gasteiger partial charge in [-0.25, -0.2) is 4.79 Å². The molecule has 0 saturated heterocycles. The second-order valence-corrected chi connectivity index (χ2v) is 10.9. The third kappa shape index (κ3) is 7.87. The van der Waals surface area contributed by atoms with Crippen molar-refractivity contribution in [2.75, 3.05) is 27.1 Å². The zero-order valence-electron chi connectivity index (χ0n) is 24.2. The monoisotopic (exact) mass is 604 g/mol. The number of phenols is 1. The Kier molecular flexibility index (Phi) is 9.95. The Morgan fingerprint density at radius 2 is 1.58 bits per heavy atom. The first kappa shape index (κ1) is 31.0. The number of carbonyl (C=O) groups excluding carboxylic acids is 1. The van der Waals surface area contributed by atoms with E-state index < -0.39 is 16.1 Å². The van der Waals surface area contributed by atoms with Gasteiger partial charge in [0, 0.05) is 22.8 Å². The largest absolute Gasteiger partial charge is 0.504 e. The lowest BCUT2D eigenvalue weighted by molar-refractivity contribution is -0.137. The molecule has 0 bridgehead atoms. The highest BCUT2D eigenvalue weighted by atomic mass is 32.2. The van der Waals surface area contributed by atoms with Gasteiger partial charge in [0.1, 0.15) is 23.9 Å². The third-order valence-electron chi connectivity index (χ3n) is 6.27. The van der Waals surface area contributed by atoms with Gasteiger partial charge in [-0.3, -0.25) is 0 Å². The Morgan fingerprint density at radius 3 is 2.19 bits per heavy atom. The molecule has 4 aromatic carbocycles. The number of phenolic OH excluding ortho intramolecular Hbond substituents is 1. The number of esters is 1. The fourth-order valence-electron chi connectivity index (χ4n) is 4.45. The maximum absolute atomic E-state index is 12.3. The van der Waals surface area contributed by atoms with E-state index in [0.717, 1.165) is 11.8 Å². The van der Waals surface area contributed by atoms with Gasteiger partial charge < -0.3 is 28.2 Å². The molecule has 0 spiro atoms. The molecule has 9 nitrogen and oxygen atoms in total. The van der Waals surface area contributed by atoms with Crippen LogP contribution in [-0.4, -0.2) is 46.6 Å². The van der Waals surface area contributed by atoms with Gasteiger partial charge in [0.2, 0.25) is 0 Å². The first-order chi connectivity index (χ1) is 20.6. The second-order valence-electron chi connectivity index (χ2n) is 9.30. The van der Waals surface area contributed by atoms with Crippen LogP contribution in [-0.2, 0) is 26.3 Å². The third-order valence-corrected chi connectivity index (χ3v) is 6.77. The van der Waals surface area contributed by atoms with Crippen LogP contribution in [0.3, 0.4) is 0 Å². The second kappa shape index (κ2) is 13.8. The first-order valence-electron chi connectivity index (χ1n) is 13.3. The van der Waals surface area contributed by atoms with E-state index in [1.165, 1.54) is 32.4 Å². The molecular formula is C33H32O9S. The minimum atomic E-state index is -3.69. The van der Waals surface area contributed by atoms with Gasteiger partial charge in [-0.15, -0.1) is 0 Å². The standard InChI is InChI=1S/C33H32O9S/c1-5-40-31(35)18-16-26-32(24-13-17-29(28(34)19-24)41-21-22-9-7-6-8-10-22)30(38-2)20-27(33(26)39-3)23-11-14-25(15-12-23)42-43(4,36)37/h6-20,34H,5,21H2,1-4H3. The molecule has 10 heteroatoms. The summed E-state index contributed by atoms with van der Waals surface area (Å²) < 4.78 is 50.6. The fourth-order valence-corrected chi connectivity index (χ4v) is 4.91. The van der Waals surface area contributed by atoms with E-state index in [0.29, 0.717) is 45.1 Å². The lowest BCUT2D eigenvalue weighted by atomic mass is 9.91. The topological polar surface area (TPSA) is 118 Å². The number of carbonyl (C=O) groups is 1. The van der Waals surface area contributed by atoms with E-state index in [1.54, 1.807) is 49.4 Å². The van der Waals surface area contributed by atoms with Crippen molar-refractivity contribution in [2.45, 2.75) is 13.5 Å². The minimum Gasteiger partial charge on any atom is -0.504 e. The van der Waals surface area contributed by atoms with Crippen LogP contribution in [0.2, 0.25) is 0 Å². The van der Waals surface area contributed by atoms with Crippen LogP contribution in [0.5, 0.6) is 28.7 Å². The van der Waals surface area contributed by atoms with Crippen LogP contribution in [0.25, 0.3) is 28.3 Å². The predicted octanol–water partition coefficient (Wildman–Crippen LogP) is 6.24. The summed E-state index contributed by atoms with van der Waals surface area (Å²) >= 11 is 0. The van der Waals surface area contributed by atoms with Crippen molar-refractivity contribution in [1.82, 2.24) is 0 Å². The molecule has 0 radical (unpaired) electrons. The van der Waals surface area contributed by atoms with Gasteiger partial charge in [-0.1, -0.05) is 48.5 Å². The Hall–Kier alpha value is -4.96. The van der Waals surface area contributed by atoms with Crippen LogP contribution < -0.4 is 18.4 Å². The van der Waals surface area contributed by atoms with E-state index in [4.69, 9.17) is 23.1 Å². The summed E-state index contributed by atoms with van der Waals surface area (Å²) in [5.74, 6) is 0.650. The number of hydrogen-bond acceptors (Lipinski definition) is 9. The Labute approximate surface area is 251 Å². The number of ether oxygens (including phenoxy) is 4. The predicted molar refractivity (Wildman–Crippen MR) is 164 cm³/mol. The highest BCUT2D eigenvalue weighted by Gasteiger charge is 2.22. The van der Waals surface area contributed by atoms with E-state index >= 15 is 0 Å². The number of benzene rings is 4. The normalized spacial score (nSPS) is 11.3. The van der Waals surface area contributed by atoms with E-state index in [1.807, 2.05) is 30.3 Å². The lowest BCUT2D eigenvalue weighted by Crippen LogP contribution is -2.05. The summed E-state index contributed by atoms with van der Waals surface area (Å²) in [6, 6.07) is 22.8. The molecule has 1 N–H and O–H groups in total. The Morgan fingerprint density at radius 1 is 0.884 bits per heavy atom. The minimum absolute atomic E-state index is 0.0830. The highest BCUT2D eigenvalue weighted by Crippen LogP contribution is 2.47. The van der Waals surface area contributed by atoms with Crippen molar-refractivity contribution in [3.05, 3.63) is 96.1 Å². The zero-order valence-corrected chi connectivity index (χ0v) is 25.0. The average molecular weight is 605 g/mol. The molecule has 224 valence electrons. The van der Waals surface area contributed by atoms with Crippen molar-refractivity contribution in [3.8, 4) is 51.0 Å². The molecule has 0 aromatic heterocycles. The molecule has 0 aliphatic heterocycles. The zero-order chi connectivity index (χ0) is 31.0. The summed E-state index contributed by atoms with van der Waals surface area (Å²) in [5.41, 5.74) is 3.83. The van der Waals surface area contributed by atoms with Gasteiger partial charge in [0.15, 0.2) is 11.5 Å². The molecule has 43 heavy (non-hydrogen) atoms. The van der Waals surface area contributed by atoms with Crippen molar-refractivity contribution in [2.24, 2.45) is 0 Å². The molecule has 0 fully saturated rings. The molecule has 0 unspecified atom stereocenters. The first-order valence-corrected chi connectivity index (χ1v) is 15.1. The Balaban J connectivity index is 1.83. The molecule has 0 saturated carbocycles. The van der Waals surface area contributed by atoms with Crippen LogP contribution in [0.15, 0.2) is 84.9 Å². The highest BCUT2D eigenvalue weighted by molar-refractivity contribution is 7.86. The molecule has 0 aliphatic rings. The quantitative estimate of drug-likeness (QED) is 0.114. The molecule has 0 amide bonds. The summed E-state index contributed by atoms with van der Waals surface area (Å²) in [5, 5.41) is 10.9. The van der Waals surface area contributed by atoms with Crippen molar-refractivity contribution >= 4 is 22.2 Å². The molecular weight excluding hydrogens is 572 g/mol. The summed E-state index contributed by atoms with van der Waals surface area (Å²) in [6.45, 7) is 2.20. The number of hydrogen-bond donors (Lipinski definition) is 1. The van der Waals surface area contributed by atoms with Crippen molar-refractivity contribution < 1.29 is 41.4 Å². The molecule has 4 aromatic rings.